The van der Waals surface area contributed by atoms with Crippen molar-refractivity contribution >= 4 is 23.2 Å². The summed E-state index contributed by atoms with van der Waals surface area (Å²) < 4.78 is 0. The molecule has 0 heterocycles. The molecule has 3 nitrogen and oxygen atoms in total. The van der Waals surface area contributed by atoms with Gasteiger partial charge in [-0.1, -0.05) is 24.6 Å². The van der Waals surface area contributed by atoms with Crippen molar-refractivity contribution < 1.29 is 4.79 Å². The van der Waals surface area contributed by atoms with Crippen LogP contribution in [0.25, 0.3) is 0 Å². The Morgan fingerprint density at radius 1 is 1.50 bits per heavy atom. The van der Waals surface area contributed by atoms with Crippen LogP contribution < -0.4 is 5.32 Å². The molecule has 88 valence electrons. The number of rotatable bonds is 4. The highest BCUT2D eigenvalue weighted by atomic mass is 35.5. The Hall–Kier alpha value is -1.06. The number of anilines is 1. The molecule has 0 bridgehead atoms. The van der Waals surface area contributed by atoms with Gasteiger partial charge < -0.3 is 5.32 Å². The van der Waals surface area contributed by atoms with Crippen molar-refractivity contribution in [3.63, 3.8) is 0 Å². The molecule has 1 aromatic carbocycles. The number of amides is 1. The number of nitrogens with one attached hydrogen (secondary N) is 1. The lowest BCUT2D eigenvalue weighted by molar-refractivity contribution is -0.120. The molecule has 1 rings (SSSR count). The normalized spacial score (nSPS) is 12.6. The molecule has 0 saturated carbocycles. The maximum atomic E-state index is 11.9. The Morgan fingerprint density at radius 2 is 2.19 bits per heavy atom. The van der Waals surface area contributed by atoms with Crippen molar-refractivity contribution in [3.05, 3.63) is 29.3 Å². The SMILES string of the molecule is CC[C@H](C(=O)Nc1cccc(Cl)c1)N(C)C. The molecular formula is C12H17ClN2O. The van der Waals surface area contributed by atoms with Crippen LogP contribution in [-0.2, 0) is 4.79 Å². The number of hydrogen-bond acceptors (Lipinski definition) is 2. The Labute approximate surface area is 101 Å². The van der Waals surface area contributed by atoms with Gasteiger partial charge in [0.1, 0.15) is 0 Å². The Morgan fingerprint density at radius 3 is 2.69 bits per heavy atom. The van der Waals surface area contributed by atoms with Crippen molar-refractivity contribution in [2.45, 2.75) is 19.4 Å². The minimum Gasteiger partial charge on any atom is -0.325 e. The molecule has 0 aromatic heterocycles. The molecule has 0 unspecified atom stereocenters. The average Bonchev–Trinajstić information content (AvgIpc) is 2.17. The summed E-state index contributed by atoms with van der Waals surface area (Å²) in [6, 6.07) is 7.04. The van der Waals surface area contributed by atoms with Crippen LogP contribution in [0.3, 0.4) is 0 Å². The summed E-state index contributed by atoms with van der Waals surface area (Å²) in [6.45, 7) is 1.99. The summed E-state index contributed by atoms with van der Waals surface area (Å²) in [4.78, 5) is 13.8. The molecule has 1 aromatic rings. The summed E-state index contributed by atoms with van der Waals surface area (Å²) in [5.41, 5.74) is 0.734. The van der Waals surface area contributed by atoms with E-state index in [-0.39, 0.29) is 11.9 Å². The zero-order valence-electron chi connectivity index (χ0n) is 9.83. The highest BCUT2D eigenvalue weighted by molar-refractivity contribution is 6.30. The van der Waals surface area contributed by atoms with Gasteiger partial charge in [-0.15, -0.1) is 0 Å². The molecule has 1 atom stereocenters. The van der Waals surface area contributed by atoms with Crippen molar-refractivity contribution in [2.24, 2.45) is 0 Å². The highest BCUT2D eigenvalue weighted by Crippen LogP contribution is 2.15. The molecule has 1 amide bonds. The topological polar surface area (TPSA) is 32.3 Å². The number of benzene rings is 1. The first-order valence-electron chi connectivity index (χ1n) is 5.27. The number of halogens is 1. The molecule has 16 heavy (non-hydrogen) atoms. The minimum atomic E-state index is -0.112. The van der Waals surface area contributed by atoms with Crippen LogP contribution in [-0.4, -0.2) is 30.9 Å². The fraction of sp³-hybridized carbons (Fsp3) is 0.417. The first kappa shape index (κ1) is 13.0. The predicted octanol–water partition coefficient (Wildman–Crippen LogP) is 2.62. The Bertz CT molecular complexity index is 366. The predicted molar refractivity (Wildman–Crippen MR) is 67.8 cm³/mol. The second-order valence-electron chi connectivity index (χ2n) is 3.89. The molecule has 0 radical (unpaired) electrons. The molecule has 0 aliphatic carbocycles. The number of likely N-dealkylation sites (N-methyl/N-ethyl adjacent to an activating group) is 1. The fourth-order valence-electron chi connectivity index (χ4n) is 1.58. The van der Waals surface area contributed by atoms with Crippen LogP contribution >= 0.6 is 11.6 Å². The van der Waals surface area contributed by atoms with Gasteiger partial charge in [0.25, 0.3) is 0 Å². The van der Waals surface area contributed by atoms with Gasteiger partial charge >= 0.3 is 0 Å². The summed E-state index contributed by atoms with van der Waals surface area (Å²) in [5, 5.41) is 3.47. The van der Waals surface area contributed by atoms with Crippen LogP contribution in [0.15, 0.2) is 24.3 Å². The molecule has 0 fully saturated rings. The van der Waals surface area contributed by atoms with Crippen molar-refractivity contribution in [1.82, 2.24) is 4.90 Å². The zero-order valence-corrected chi connectivity index (χ0v) is 10.6. The lowest BCUT2D eigenvalue weighted by Gasteiger charge is -2.21. The van der Waals surface area contributed by atoms with Crippen LogP contribution in [0, 0.1) is 0 Å². The van der Waals surface area contributed by atoms with Crippen LogP contribution in [0.2, 0.25) is 5.02 Å². The summed E-state index contributed by atoms with van der Waals surface area (Å²) in [5.74, 6) is -0.00485. The second kappa shape index (κ2) is 5.87. The number of hydrogen-bond donors (Lipinski definition) is 1. The zero-order chi connectivity index (χ0) is 12.1. The van der Waals surface area contributed by atoms with Gasteiger partial charge in [0.15, 0.2) is 0 Å². The summed E-state index contributed by atoms with van der Waals surface area (Å²) >= 11 is 5.84. The number of carbonyl (C=O) groups is 1. The smallest absolute Gasteiger partial charge is 0.241 e. The first-order chi connectivity index (χ1) is 7.54. The minimum absolute atomic E-state index is 0.00485. The Balaban J connectivity index is 2.70. The maximum Gasteiger partial charge on any atom is 0.241 e. The highest BCUT2D eigenvalue weighted by Gasteiger charge is 2.18. The first-order valence-corrected chi connectivity index (χ1v) is 5.65. The van der Waals surface area contributed by atoms with Crippen LogP contribution in [0.4, 0.5) is 5.69 Å². The van der Waals surface area contributed by atoms with Gasteiger partial charge in [-0.3, -0.25) is 9.69 Å². The largest absolute Gasteiger partial charge is 0.325 e. The summed E-state index contributed by atoms with van der Waals surface area (Å²) in [6.07, 6.45) is 0.777. The van der Waals surface area contributed by atoms with E-state index in [4.69, 9.17) is 11.6 Å². The van der Waals surface area contributed by atoms with Gasteiger partial charge in [-0.05, 0) is 38.7 Å². The van der Waals surface area contributed by atoms with Gasteiger partial charge in [0.05, 0.1) is 6.04 Å². The van der Waals surface area contributed by atoms with Crippen molar-refractivity contribution in [2.75, 3.05) is 19.4 Å². The maximum absolute atomic E-state index is 11.9. The standard InChI is InChI=1S/C12H17ClN2O/c1-4-11(15(2)3)12(16)14-10-7-5-6-9(13)8-10/h5-8,11H,4H2,1-3H3,(H,14,16)/t11-/m1/s1. The van der Waals surface area contributed by atoms with Crippen molar-refractivity contribution in [3.8, 4) is 0 Å². The van der Waals surface area contributed by atoms with E-state index >= 15 is 0 Å². The third-order valence-corrected chi connectivity index (χ3v) is 2.64. The lowest BCUT2D eigenvalue weighted by Crippen LogP contribution is -2.39. The van der Waals surface area contributed by atoms with Gasteiger partial charge in [0, 0.05) is 10.7 Å². The van der Waals surface area contributed by atoms with E-state index in [2.05, 4.69) is 5.32 Å². The molecular weight excluding hydrogens is 224 g/mol. The van der Waals surface area contributed by atoms with E-state index in [1.54, 1.807) is 12.1 Å². The third-order valence-electron chi connectivity index (χ3n) is 2.40. The van der Waals surface area contributed by atoms with Crippen molar-refractivity contribution in [1.29, 1.82) is 0 Å². The van der Waals surface area contributed by atoms with Gasteiger partial charge in [0.2, 0.25) is 5.91 Å². The number of carbonyl (C=O) groups excluding carboxylic acids is 1. The van der Waals surface area contributed by atoms with Gasteiger partial charge in [-0.25, -0.2) is 0 Å². The monoisotopic (exact) mass is 240 g/mol. The second-order valence-corrected chi connectivity index (χ2v) is 4.32. The van der Waals surface area contributed by atoms with Crippen LogP contribution in [0.1, 0.15) is 13.3 Å². The molecule has 0 spiro atoms. The van der Waals surface area contributed by atoms with E-state index in [1.807, 2.05) is 38.1 Å². The molecule has 0 saturated heterocycles. The third kappa shape index (κ3) is 3.51. The summed E-state index contributed by atoms with van der Waals surface area (Å²) in [7, 11) is 3.79. The fourth-order valence-corrected chi connectivity index (χ4v) is 1.77. The molecule has 1 N–H and O–H groups in total. The van der Waals surface area contributed by atoms with E-state index in [9.17, 15) is 4.79 Å². The van der Waals surface area contributed by atoms with E-state index in [0.29, 0.717) is 5.02 Å². The number of nitrogens with zero attached hydrogens (tertiary/aromatic N) is 1. The van der Waals surface area contributed by atoms with Gasteiger partial charge in [-0.2, -0.15) is 0 Å². The lowest BCUT2D eigenvalue weighted by atomic mass is 10.2. The quantitative estimate of drug-likeness (QED) is 0.878. The molecule has 0 aliphatic rings. The van der Waals surface area contributed by atoms with E-state index in [0.717, 1.165) is 12.1 Å². The van der Waals surface area contributed by atoms with E-state index in [1.165, 1.54) is 0 Å². The molecule has 4 heteroatoms. The van der Waals surface area contributed by atoms with Crippen LogP contribution in [0.5, 0.6) is 0 Å². The average molecular weight is 241 g/mol. The Kier molecular flexibility index (Phi) is 4.77. The molecule has 0 aliphatic heterocycles. The van der Waals surface area contributed by atoms with E-state index < -0.39 is 0 Å².